The maximum Gasteiger partial charge on any atom is 0.274 e. The predicted molar refractivity (Wildman–Crippen MR) is 100.0 cm³/mol. The Hall–Kier alpha value is -3.12. The van der Waals surface area contributed by atoms with Crippen molar-refractivity contribution >= 4 is 41.2 Å². The molecule has 5 nitrogen and oxygen atoms in total. The van der Waals surface area contributed by atoms with E-state index in [1.165, 1.54) is 18.2 Å². The van der Waals surface area contributed by atoms with Crippen molar-refractivity contribution in [3.63, 3.8) is 0 Å². The fourth-order valence-electron chi connectivity index (χ4n) is 2.16. The zero-order valence-electron chi connectivity index (χ0n) is 13.1. The van der Waals surface area contributed by atoms with Gasteiger partial charge in [0.1, 0.15) is 17.3 Å². The number of hydrogen-bond acceptors (Lipinski definition) is 4. The molecule has 0 fully saturated rings. The Balaban J connectivity index is 0.00000225. The molecule has 25 heavy (non-hydrogen) atoms. The molecule has 0 bridgehead atoms. The molecule has 3 aromatic rings. The zero-order chi connectivity index (χ0) is 16.9. The summed E-state index contributed by atoms with van der Waals surface area (Å²) in [5.74, 6) is -0.388. The van der Waals surface area contributed by atoms with Gasteiger partial charge in [-0.1, -0.05) is 24.3 Å². The molecular formula is C18H16ClFN4O. The first kappa shape index (κ1) is 18.2. The lowest BCUT2D eigenvalue weighted by Crippen LogP contribution is -2.14. The first-order chi connectivity index (χ1) is 11.6. The number of hydrogen-bond donors (Lipinski definition) is 3. The average molecular weight is 359 g/mol. The molecule has 0 atom stereocenters. The molecule has 7 heteroatoms. The maximum atomic E-state index is 13.2. The third-order valence-electron chi connectivity index (χ3n) is 3.21. The molecular weight excluding hydrogens is 343 g/mol. The fraction of sp³-hybridized carbons (Fsp3) is 0. The van der Waals surface area contributed by atoms with Crippen molar-refractivity contribution in [2.24, 2.45) is 0 Å². The Bertz CT molecular complexity index is 874. The summed E-state index contributed by atoms with van der Waals surface area (Å²) in [5.41, 5.74) is 7.56. The summed E-state index contributed by atoms with van der Waals surface area (Å²) >= 11 is 0. The second kappa shape index (κ2) is 8.12. The number of nitrogens with zero attached hydrogens (tertiary/aromatic N) is 1. The molecule has 3 rings (SSSR count). The number of benzene rings is 2. The Morgan fingerprint density at radius 2 is 1.68 bits per heavy atom. The number of nitrogen functional groups attached to an aromatic ring is 1. The van der Waals surface area contributed by atoms with Gasteiger partial charge in [-0.05, 0) is 36.4 Å². The monoisotopic (exact) mass is 358 g/mol. The zero-order valence-corrected chi connectivity index (χ0v) is 13.9. The molecule has 0 unspecified atom stereocenters. The van der Waals surface area contributed by atoms with Crippen molar-refractivity contribution in [1.29, 1.82) is 0 Å². The molecule has 0 spiro atoms. The highest BCUT2D eigenvalue weighted by Crippen LogP contribution is 2.19. The molecule has 0 saturated carbocycles. The summed E-state index contributed by atoms with van der Waals surface area (Å²) in [7, 11) is 0. The molecule has 1 aromatic heterocycles. The van der Waals surface area contributed by atoms with Gasteiger partial charge in [0.15, 0.2) is 0 Å². The summed E-state index contributed by atoms with van der Waals surface area (Å²) in [4.78, 5) is 16.5. The van der Waals surface area contributed by atoms with E-state index in [1.807, 2.05) is 18.2 Å². The third kappa shape index (κ3) is 4.92. The van der Waals surface area contributed by atoms with Crippen LogP contribution in [-0.4, -0.2) is 10.9 Å². The second-order valence-corrected chi connectivity index (χ2v) is 5.13. The van der Waals surface area contributed by atoms with Crippen LogP contribution in [0.25, 0.3) is 0 Å². The molecule has 2 aromatic carbocycles. The molecule has 128 valence electrons. The Morgan fingerprint density at radius 3 is 2.40 bits per heavy atom. The third-order valence-corrected chi connectivity index (χ3v) is 3.21. The van der Waals surface area contributed by atoms with Crippen LogP contribution in [0.5, 0.6) is 0 Å². The second-order valence-electron chi connectivity index (χ2n) is 5.13. The highest BCUT2D eigenvalue weighted by atomic mass is 35.5. The topological polar surface area (TPSA) is 80.0 Å². The fourth-order valence-corrected chi connectivity index (χ4v) is 2.16. The van der Waals surface area contributed by atoms with E-state index in [9.17, 15) is 9.18 Å². The number of rotatable bonds is 4. The summed E-state index contributed by atoms with van der Waals surface area (Å²) in [6, 6.07) is 18.0. The van der Waals surface area contributed by atoms with Crippen molar-refractivity contribution in [2.45, 2.75) is 0 Å². The number of nitrogens with two attached hydrogens (primary N) is 1. The van der Waals surface area contributed by atoms with Gasteiger partial charge in [0.25, 0.3) is 5.91 Å². The van der Waals surface area contributed by atoms with E-state index in [4.69, 9.17) is 5.73 Å². The Kier molecular flexibility index (Phi) is 5.92. The summed E-state index contributed by atoms with van der Waals surface area (Å²) < 4.78 is 13.2. The van der Waals surface area contributed by atoms with Gasteiger partial charge in [0, 0.05) is 23.1 Å². The van der Waals surface area contributed by atoms with Gasteiger partial charge in [-0.15, -0.1) is 12.4 Å². The van der Waals surface area contributed by atoms with Gasteiger partial charge in [0.2, 0.25) is 0 Å². The van der Waals surface area contributed by atoms with Crippen LogP contribution in [0.1, 0.15) is 10.5 Å². The number of carbonyl (C=O) groups is 1. The number of aromatic nitrogens is 1. The first-order valence-electron chi connectivity index (χ1n) is 7.27. The number of amides is 1. The summed E-state index contributed by atoms with van der Waals surface area (Å²) in [6.07, 6.45) is 0. The number of anilines is 4. The minimum absolute atomic E-state index is 0. The first-order valence-corrected chi connectivity index (χ1v) is 7.27. The number of halogens is 2. The molecule has 1 amide bonds. The van der Waals surface area contributed by atoms with E-state index in [1.54, 1.807) is 30.3 Å². The van der Waals surface area contributed by atoms with Crippen molar-refractivity contribution < 1.29 is 9.18 Å². The highest BCUT2D eigenvalue weighted by molar-refractivity contribution is 6.03. The normalized spacial score (nSPS) is 9.80. The molecule has 0 aliphatic heterocycles. The minimum Gasteiger partial charge on any atom is -0.399 e. The van der Waals surface area contributed by atoms with E-state index in [0.717, 1.165) is 0 Å². The van der Waals surface area contributed by atoms with E-state index >= 15 is 0 Å². The van der Waals surface area contributed by atoms with Gasteiger partial charge in [-0.3, -0.25) is 4.79 Å². The van der Waals surface area contributed by atoms with Crippen LogP contribution in [0, 0.1) is 5.82 Å². The van der Waals surface area contributed by atoms with E-state index in [0.29, 0.717) is 22.9 Å². The lowest BCUT2D eigenvalue weighted by Gasteiger charge is -2.10. The van der Waals surface area contributed by atoms with Gasteiger partial charge in [0.05, 0.1) is 0 Å². The quantitative estimate of drug-likeness (QED) is 0.652. The maximum absolute atomic E-state index is 13.2. The van der Waals surface area contributed by atoms with Crippen LogP contribution in [0.15, 0.2) is 66.7 Å². The smallest absolute Gasteiger partial charge is 0.274 e. The largest absolute Gasteiger partial charge is 0.399 e. The van der Waals surface area contributed by atoms with Crippen molar-refractivity contribution in [3.05, 3.63) is 78.2 Å². The van der Waals surface area contributed by atoms with Crippen molar-refractivity contribution in [1.82, 2.24) is 4.98 Å². The molecule has 4 N–H and O–H groups in total. The number of para-hydroxylation sites is 1. The number of pyridine rings is 1. The van der Waals surface area contributed by atoms with E-state index in [-0.39, 0.29) is 29.8 Å². The van der Waals surface area contributed by atoms with Crippen molar-refractivity contribution in [3.8, 4) is 0 Å². The Morgan fingerprint density at radius 1 is 0.960 bits per heavy atom. The minimum atomic E-state index is -0.379. The standard InChI is InChI=1S/C18H15FN4O.ClH/c19-12-5-4-8-15(9-12)21-17-11-13(20)10-16(23-17)18(24)22-14-6-2-1-3-7-14;/h1-11H,(H,22,24)(H3,20,21,23);1H. The molecule has 0 radical (unpaired) electrons. The van der Waals surface area contributed by atoms with E-state index in [2.05, 4.69) is 15.6 Å². The Labute approximate surface area is 150 Å². The van der Waals surface area contributed by atoms with Gasteiger partial charge in [-0.25, -0.2) is 9.37 Å². The van der Waals surface area contributed by atoms with E-state index < -0.39 is 0 Å². The highest BCUT2D eigenvalue weighted by Gasteiger charge is 2.10. The van der Waals surface area contributed by atoms with Gasteiger partial charge < -0.3 is 16.4 Å². The summed E-state index contributed by atoms with van der Waals surface area (Å²) in [5, 5.41) is 5.67. The SMILES string of the molecule is Cl.Nc1cc(Nc2cccc(F)c2)nc(C(=O)Nc2ccccc2)c1. The number of nitrogens with one attached hydrogen (secondary N) is 2. The lowest BCUT2D eigenvalue weighted by molar-refractivity contribution is 0.102. The van der Waals surface area contributed by atoms with Crippen LogP contribution in [-0.2, 0) is 0 Å². The van der Waals surface area contributed by atoms with Crippen LogP contribution in [0.4, 0.5) is 27.3 Å². The predicted octanol–water partition coefficient (Wildman–Crippen LogP) is 4.22. The number of carbonyl (C=O) groups excluding carboxylic acids is 1. The molecule has 1 heterocycles. The van der Waals surface area contributed by atoms with Gasteiger partial charge >= 0.3 is 0 Å². The van der Waals surface area contributed by atoms with Crippen LogP contribution in [0.2, 0.25) is 0 Å². The average Bonchev–Trinajstić information content (AvgIpc) is 2.55. The molecule has 0 aliphatic carbocycles. The van der Waals surface area contributed by atoms with Crippen LogP contribution < -0.4 is 16.4 Å². The molecule has 0 aliphatic rings. The molecule has 0 saturated heterocycles. The van der Waals surface area contributed by atoms with Crippen molar-refractivity contribution in [2.75, 3.05) is 16.4 Å². The lowest BCUT2D eigenvalue weighted by atomic mass is 10.2. The van der Waals surface area contributed by atoms with Crippen LogP contribution >= 0.6 is 12.4 Å². The van der Waals surface area contributed by atoms with Crippen LogP contribution in [0.3, 0.4) is 0 Å². The summed E-state index contributed by atoms with van der Waals surface area (Å²) in [6.45, 7) is 0. The van der Waals surface area contributed by atoms with Gasteiger partial charge in [-0.2, -0.15) is 0 Å².